The summed E-state index contributed by atoms with van der Waals surface area (Å²) in [5.74, 6) is -17.6. The van der Waals surface area contributed by atoms with E-state index >= 15 is 9.59 Å². The number of hydrogen-bond acceptors (Lipinski definition) is 25. The van der Waals surface area contributed by atoms with Gasteiger partial charge in [-0.25, -0.2) is 0 Å². The highest BCUT2D eigenvalue weighted by Gasteiger charge is 2.92. The van der Waals surface area contributed by atoms with Crippen LogP contribution in [0.4, 0.5) is 0 Å². The van der Waals surface area contributed by atoms with Crippen molar-refractivity contribution < 1.29 is 123 Å². The molecule has 74 heavy (non-hydrogen) atoms. The van der Waals surface area contributed by atoms with E-state index in [-0.39, 0.29) is 33.0 Å². The van der Waals surface area contributed by atoms with Crippen LogP contribution in [-0.4, -0.2) is 231 Å². The van der Waals surface area contributed by atoms with Crippen LogP contribution in [0, 0.1) is 0 Å². The van der Waals surface area contributed by atoms with Crippen LogP contribution in [0.3, 0.4) is 0 Å². The largest absolute Gasteiger partial charge is 0.394 e. The Kier molecular flexibility index (Phi) is 16.6. The van der Waals surface area contributed by atoms with Gasteiger partial charge < -0.3 is 80.2 Å². The minimum atomic E-state index is -5.03. The van der Waals surface area contributed by atoms with E-state index in [2.05, 4.69) is 15.9 Å². The van der Waals surface area contributed by atoms with Crippen molar-refractivity contribution in [1.29, 1.82) is 0 Å². The number of rotatable bonds is 19. The average molecular weight is 1110 g/mol. The molecule has 2 aromatic carbocycles. The quantitative estimate of drug-likeness (QED) is 0.0462. The van der Waals surface area contributed by atoms with Crippen LogP contribution in [0.5, 0.6) is 0 Å². The molecule has 0 bridgehead atoms. The SMILES string of the molecule is CC(=O)C(O)[C@H]1O[C@@H]([C@@]2(O)[C@@H](CO)O[C@H](OCCBr)[C@@](O)(C(=O)c3ccccc3)[C@]2(O)C(=O)c2ccccc2)[C@@](O)(C(C)=O)[C@](O)(C(C)=O)[C@]1(O)[C@@H]1O[C@H](C(O)C(C)=O)[C@@](O)(C(C)=O)[C@@](O)(C(C)=O)[C@]1(O)C(C)=O. The van der Waals surface area contributed by atoms with Crippen molar-refractivity contribution in [2.24, 2.45) is 0 Å². The fourth-order valence-corrected chi connectivity index (χ4v) is 11.1. The van der Waals surface area contributed by atoms with Crippen molar-refractivity contribution in [2.45, 2.75) is 148 Å². The minimum absolute atomic E-state index is 0.172. The average Bonchev–Trinajstić information content (AvgIpc) is 3.35. The number of benzene rings is 2. The second-order valence-electron chi connectivity index (χ2n) is 18.7. The van der Waals surface area contributed by atoms with E-state index in [1.165, 1.54) is 24.3 Å². The van der Waals surface area contributed by atoms with Gasteiger partial charge in [0.15, 0.2) is 86.0 Å². The summed E-state index contributed by atoms with van der Waals surface area (Å²) in [5, 5.41) is 153. The normalized spacial score (nSPS) is 40.0. The zero-order valence-electron chi connectivity index (χ0n) is 40.6. The summed E-state index contributed by atoms with van der Waals surface area (Å²) < 4.78 is 23.0. The molecule has 0 saturated carbocycles. The predicted octanol–water partition coefficient (Wildman–Crippen LogP) is -5.16. The van der Waals surface area contributed by atoms with E-state index in [1.807, 2.05) is 0 Å². The third-order valence-electron chi connectivity index (χ3n) is 14.7. The Morgan fingerprint density at radius 3 is 1.30 bits per heavy atom. The lowest BCUT2D eigenvalue weighted by Gasteiger charge is -2.69. The molecular weight excluding hydrogens is 1060 g/mol. The fraction of sp³-hybridized carbons (Fsp3) is 0.562. The molecule has 0 aromatic heterocycles. The van der Waals surface area contributed by atoms with Crippen LogP contribution >= 0.6 is 15.9 Å². The van der Waals surface area contributed by atoms with Crippen molar-refractivity contribution >= 4 is 68.0 Å². The third-order valence-corrected chi connectivity index (χ3v) is 15.1. The number of alkyl halides is 1. The van der Waals surface area contributed by atoms with Gasteiger partial charge in [0.25, 0.3) is 0 Å². The first-order valence-electron chi connectivity index (χ1n) is 22.4. The summed E-state index contributed by atoms with van der Waals surface area (Å²) in [6, 6.07) is 11.3. The fourth-order valence-electron chi connectivity index (χ4n) is 10.9. The number of aliphatic hydroxyl groups excluding tert-OH is 3. The van der Waals surface area contributed by atoms with Gasteiger partial charge in [0.2, 0.25) is 22.8 Å². The smallest absolute Gasteiger partial charge is 0.218 e. The molecule has 17 atom stereocenters. The van der Waals surface area contributed by atoms with Crippen molar-refractivity contribution in [1.82, 2.24) is 0 Å². The van der Waals surface area contributed by atoms with Crippen LogP contribution in [0.15, 0.2) is 60.7 Å². The van der Waals surface area contributed by atoms with Gasteiger partial charge in [-0.2, -0.15) is 0 Å². The summed E-state index contributed by atoms with van der Waals surface area (Å²) in [6.45, 7) is -0.0525. The van der Waals surface area contributed by atoms with Gasteiger partial charge in [0.05, 0.1) is 13.2 Å². The number of ketones is 9. The van der Waals surface area contributed by atoms with Gasteiger partial charge in [-0.15, -0.1) is 0 Å². The highest BCUT2D eigenvalue weighted by molar-refractivity contribution is 9.09. The molecule has 26 heteroatoms. The molecule has 3 aliphatic rings. The Morgan fingerprint density at radius 2 is 0.905 bits per heavy atom. The van der Waals surface area contributed by atoms with Crippen LogP contribution in [-0.2, 0) is 52.5 Å². The Hall–Kier alpha value is -4.69. The number of carbonyl (C=O) groups is 9. The number of carbonyl (C=O) groups excluding carboxylic acids is 9. The maximum atomic E-state index is 15.5. The van der Waals surface area contributed by atoms with E-state index in [0.29, 0.717) is 20.8 Å². The number of halogens is 1. The van der Waals surface area contributed by atoms with E-state index in [9.17, 15) is 94.8 Å². The van der Waals surface area contributed by atoms with Gasteiger partial charge in [-0.1, -0.05) is 76.6 Å². The summed E-state index contributed by atoms with van der Waals surface area (Å²) in [5.41, 5.74) is -43.1. The summed E-state index contributed by atoms with van der Waals surface area (Å²) in [7, 11) is 0. The highest BCUT2D eigenvalue weighted by Crippen LogP contribution is 2.61. The van der Waals surface area contributed by atoms with Crippen LogP contribution < -0.4 is 0 Å². The monoisotopic (exact) mass is 1110 g/mol. The third kappa shape index (κ3) is 7.60. The number of ether oxygens (including phenoxy) is 4. The second kappa shape index (κ2) is 20.4. The molecule has 2 aromatic rings. The molecule has 406 valence electrons. The van der Waals surface area contributed by atoms with Gasteiger partial charge in [-0.05, 0) is 48.5 Å². The Labute approximate surface area is 428 Å². The van der Waals surface area contributed by atoms with Crippen LogP contribution in [0.2, 0.25) is 0 Å². The maximum absolute atomic E-state index is 15.5. The molecule has 25 nitrogen and oxygen atoms in total. The first kappa shape index (κ1) is 60.2. The van der Waals surface area contributed by atoms with Gasteiger partial charge in [-0.3, -0.25) is 43.2 Å². The summed E-state index contributed by atoms with van der Waals surface area (Å²) >= 11 is 3.06. The maximum Gasteiger partial charge on any atom is 0.218 e. The molecule has 3 fully saturated rings. The lowest BCUT2D eigenvalue weighted by Crippen LogP contribution is -2.98. The topological polar surface area (TPSA) is 433 Å². The lowest BCUT2D eigenvalue weighted by molar-refractivity contribution is -0.442. The second-order valence-corrected chi connectivity index (χ2v) is 19.5. The molecular formula is C48H57BrO25. The van der Waals surface area contributed by atoms with E-state index in [4.69, 9.17) is 18.9 Å². The standard InChI is InChI=1S/C48H57BrO25/c1-21(51)31(58)35-40(62,23(3)53)46(68,26(6)56)42(64,25(5)55)38(73-35)45(67)36(32(59)22(2)52)74-37(41(63,24(4)54)47(45,69)27(7)57)43(65)30(20-50)72-39(71-19-18-49)44(66,33(60)28-14-10-8-11-15-28)48(43,70)34(61)29-16-12-9-13-17-29/h8-17,30-32,35-39,50,58-59,62-70H,18-20H2,1-7H3/t30-,31?,32?,35-,36-,37-,38-,39+,40+,41+,42+,43+,44+,45-,46+,47-,48+/m1/s1. The van der Waals surface area contributed by atoms with Gasteiger partial charge in [0, 0.05) is 16.5 Å². The highest BCUT2D eigenvalue weighted by atomic mass is 79.9. The lowest BCUT2D eigenvalue weighted by atomic mass is 9.47. The molecule has 0 spiro atoms. The molecule has 3 aliphatic heterocycles. The van der Waals surface area contributed by atoms with Crippen LogP contribution in [0.1, 0.15) is 69.2 Å². The zero-order chi connectivity index (χ0) is 56.5. The first-order valence-corrected chi connectivity index (χ1v) is 23.5. The number of hydrogen-bond donors (Lipinski definition) is 12. The number of Topliss-reactive ketones (excluding diaryl/α,β-unsaturated/α-hetero) is 9. The Bertz CT molecular complexity index is 2620. The first-order chi connectivity index (χ1) is 34.0. The van der Waals surface area contributed by atoms with E-state index in [1.54, 1.807) is 0 Å². The molecule has 2 unspecified atom stereocenters. The van der Waals surface area contributed by atoms with Gasteiger partial charge >= 0.3 is 0 Å². The minimum Gasteiger partial charge on any atom is -0.394 e. The van der Waals surface area contributed by atoms with E-state index < -0.39 is 176 Å². The molecule has 12 N–H and O–H groups in total. The van der Waals surface area contributed by atoms with E-state index in [0.717, 1.165) is 36.4 Å². The molecule has 3 saturated heterocycles. The Morgan fingerprint density at radius 1 is 0.514 bits per heavy atom. The molecule has 3 heterocycles. The summed E-state index contributed by atoms with van der Waals surface area (Å²) in [4.78, 5) is 128. The number of aliphatic hydroxyl groups is 12. The Balaban J connectivity index is 2.10. The molecule has 0 amide bonds. The summed E-state index contributed by atoms with van der Waals surface area (Å²) in [6.07, 6.45) is -26.8. The van der Waals surface area contributed by atoms with Crippen LogP contribution in [0.25, 0.3) is 0 Å². The molecule has 5 rings (SSSR count). The zero-order valence-corrected chi connectivity index (χ0v) is 42.2. The van der Waals surface area contributed by atoms with Crippen molar-refractivity contribution in [3.05, 3.63) is 71.8 Å². The van der Waals surface area contributed by atoms with Crippen molar-refractivity contribution in [3.63, 3.8) is 0 Å². The van der Waals surface area contributed by atoms with Gasteiger partial charge in [0.1, 0.15) is 42.7 Å². The molecule has 0 radical (unpaired) electrons. The van der Waals surface area contributed by atoms with Crippen molar-refractivity contribution in [2.75, 3.05) is 18.5 Å². The predicted molar refractivity (Wildman–Crippen MR) is 246 cm³/mol. The molecule has 0 aliphatic carbocycles. The van der Waals surface area contributed by atoms with Crippen molar-refractivity contribution in [3.8, 4) is 0 Å².